The molecule has 1 aromatic heterocycles. The van der Waals surface area contributed by atoms with E-state index in [2.05, 4.69) is 24.3 Å². The first kappa shape index (κ1) is 18.0. The fourth-order valence-corrected chi connectivity index (χ4v) is 3.28. The maximum atomic E-state index is 12.3. The number of carbonyl (C=O) groups is 1. The Bertz CT molecular complexity index is 579. The average Bonchev–Trinajstić information content (AvgIpc) is 3.03. The average molecular weight is 339 g/mol. The van der Waals surface area contributed by atoms with Gasteiger partial charge in [0.1, 0.15) is 5.15 Å². The Hall–Kier alpha value is -1.33. The Kier molecular flexibility index (Phi) is 6.25. The molecule has 6 heteroatoms. The second-order valence-corrected chi connectivity index (χ2v) is 7.05. The third-order valence-corrected chi connectivity index (χ3v) is 4.53. The summed E-state index contributed by atoms with van der Waals surface area (Å²) in [6.07, 6.45) is 4.49. The van der Waals surface area contributed by atoms with Gasteiger partial charge in [0.15, 0.2) is 0 Å². The van der Waals surface area contributed by atoms with Crippen LogP contribution in [-0.2, 0) is 11.3 Å². The van der Waals surface area contributed by atoms with Crippen molar-refractivity contribution < 1.29 is 4.79 Å². The van der Waals surface area contributed by atoms with E-state index < -0.39 is 0 Å². The normalized spacial score (nSPS) is 18.5. The number of halogens is 1. The van der Waals surface area contributed by atoms with Gasteiger partial charge in [0.05, 0.1) is 5.69 Å². The van der Waals surface area contributed by atoms with Crippen LogP contribution in [0.1, 0.15) is 31.5 Å². The zero-order chi connectivity index (χ0) is 17.0. The molecule has 1 amide bonds. The lowest BCUT2D eigenvalue weighted by atomic mass is 10.1. The molecule has 128 valence electrons. The van der Waals surface area contributed by atoms with Crippen molar-refractivity contribution >= 4 is 23.6 Å². The summed E-state index contributed by atoms with van der Waals surface area (Å²) in [6.45, 7) is 9.56. The first-order valence-electron chi connectivity index (χ1n) is 8.26. The SMILES string of the molecule is CNCC1CCN(C(=O)/C=C/c2c(C)nn(CC(C)C)c2Cl)C1. The highest BCUT2D eigenvalue weighted by atomic mass is 35.5. The number of rotatable bonds is 6. The number of hydrogen-bond donors (Lipinski definition) is 1. The van der Waals surface area contributed by atoms with Crippen LogP contribution in [0.5, 0.6) is 0 Å². The molecule has 5 nitrogen and oxygen atoms in total. The quantitative estimate of drug-likeness (QED) is 0.811. The maximum Gasteiger partial charge on any atom is 0.246 e. The van der Waals surface area contributed by atoms with Gasteiger partial charge in [-0.3, -0.25) is 9.48 Å². The molecule has 0 aromatic carbocycles. The number of carbonyl (C=O) groups excluding carboxylic acids is 1. The van der Waals surface area contributed by atoms with Gasteiger partial charge in [0.2, 0.25) is 5.91 Å². The van der Waals surface area contributed by atoms with Crippen molar-refractivity contribution in [3.8, 4) is 0 Å². The molecule has 1 fully saturated rings. The molecule has 2 rings (SSSR count). The molecule has 1 aromatic rings. The molecule has 23 heavy (non-hydrogen) atoms. The van der Waals surface area contributed by atoms with E-state index in [4.69, 9.17) is 11.6 Å². The molecule has 0 aliphatic carbocycles. The number of amides is 1. The van der Waals surface area contributed by atoms with Crippen LogP contribution >= 0.6 is 11.6 Å². The Morgan fingerprint density at radius 3 is 2.91 bits per heavy atom. The number of likely N-dealkylation sites (tertiary alicyclic amines) is 1. The fourth-order valence-electron chi connectivity index (χ4n) is 2.97. The van der Waals surface area contributed by atoms with Gasteiger partial charge in [-0.2, -0.15) is 5.10 Å². The van der Waals surface area contributed by atoms with Crippen LogP contribution in [0.25, 0.3) is 6.08 Å². The van der Waals surface area contributed by atoms with E-state index in [1.807, 2.05) is 23.6 Å². The van der Waals surface area contributed by atoms with Crippen LogP contribution < -0.4 is 5.32 Å². The van der Waals surface area contributed by atoms with E-state index in [9.17, 15) is 4.79 Å². The molecular weight excluding hydrogens is 312 g/mol. The van der Waals surface area contributed by atoms with Crippen molar-refractivity contribution in [1.82, 2.24) is 20.0 Å². The maximum absolute atomic E-state index is 12.3. The van der Waals surface area contributed by atoms with Gasteiger partial charge in [-0.05, 0) is 44.8 Å². The minimum absolute atomic E-state index is 0.0516. The summed E-state index contributed by atoms with van der Waals surface area (Å²) >= 11 is 6.40. The van der Waals surface area contributed by atoms with E-state index in [0.717, 1.165) is 43.9 Å². The first-order chi connectivity index (χ1) is 10.9. The van der Waals surface area contributed by atoms with Crippen LogP contribution in [-0.4, -0.2) is 47.3 Å². The number of nitrogens with zero attached hydrogens (tertiary/aromatic N) is 3. The summed E-state index contributed by atoms with van der Waals surface area (Å²) in [7, 11) is 1.95. The smallest absolute Gasteiger partial charge is 0.246 e. The van der Waals surface area contributed by atoms with E-state index in [0.29, 0.717) is 17.0 Å². The molecule has 2 heterocycles. The second kappa shape index (κ2) is 7.97. The Balaban J connectivity index is 2.03. The van der Waals surface area contributed by atoms with Crippen LogP contribution in [0.15, 0.2) is 6.08 Å². The molecule has 0 saturated carbocycles. The zero-order valence-electron chi connectivity index (χ0n) is 14.5. The van der Waals surface area contributed by atoms with Crippen molar-refractivity contribution in [3.05, 3.63) is 22.5 Å². The Labute approximate surface area is 143 Å². The van der Waals surface area contributed by atoms with Crippen LogP contribution in [0.2, 0.25) is 5.15 Å². The van der Waals surface area contributed by atoms with Crippen LogP contribution in [0.4, 0.5) is 0 Å². The van der Waals surface area contributed by atoms with Gasteiger partial charge < -0.3 is 10.2 Å². The van der Waals surface area contributed by atoms with Gasteiger partial charge in [-0.25, -0.2) is 0 Å². The first-order valence-corrected chi connectivity index (χ1v) is 8.64. The van der Waals surface area contributed by atoms with Gasteiger partial charge in [0.25, 0.3) is 0 Å². The summed E-state index contributed by atoms with van der Waals surface area (Å²) < 4.78 is 1.81. The lowest BCUT2D eigenvalue weighted by Gasteiger charge is -2.14. The molecule has 0 bridgehead atoms. The third kappa shape index (κ3) is 4.58. The molecule has 1 aliphatic heterocycles. The van der Waals surface area contributed by atoms with Crippen LogP contribution in [0.3, 0.4) is 0 Å². The Morgan fingerprint density at radius 2 is 2.26 bits per heavy atom. The molecule has 0 spiro atoms. The molecule has 1 atom stereocenters. The summed E-state index contributed by atoms with van der Waals surface area (Å²) in [6, 6.07) is 0. The topological polar surface area (TPSA) is 50.2 Å². The number of hydrogen-bond acceptors (Lipinski definition) is 3. The van der Waals surface area contributed by atoms with E-state index in [1.54, 1.807) is 12.2 Å². The predicted octanol–water partition coefficient (Wildman–Crippen LogP) is 2.58. The zero-order valence-corrected chi connectivity index (χ0v) is 15.2. The summed E-state index contributed by atoms with van der Waals surface area (Å²) in [5.74, 6) is 1.08. The largest absolute Gasteiger partial charge is 0.339 e. The highest BCUT2D eigenvalue weighted by Gasteiger charge is 2.24. The molecule has 1 saturated heterocycles. The summed E-state index contributed by atoms with van der Waals surface area (Å²) in [5.41, 5.74) is 1.70. The predicted molar refractivity (Wildman–Crippen MR) is 94.5 cm³/mol. The molecule has 1 N–H and O–H groups in total. The van der Waals surface area contributed by atoms with Gasteiger partial charge in [-0.1, -0.05) is 25.4 Å². The number of aryl methyl sites for hydroxylation is 1. The fraction of sp³-hybridized carbons (Fsp3) is 0.647. The second-order valence-electron chi connectivity index (χ2n) is 6.70. The Morgan fingerprint density at radius 1 is 1.52 bits per heavy atom. The third-order valence-electron chi connectivity index (χ3n) is 4.13. The van der Waals surface area contributed by atoms with Gasteiger partial charge in [-0.15, -0.1) is 0 Å². The van der Waals surface area contributed by atoms with E-state index >= 15 is 0 Å². The lowest BCUT2D eigenvalue weighted by Crippen LogP contribution is -2.28. The summed E-state index contributed by atoms with van der Waals surface area (Å²) in [5, 5.41) is 8.24. The van der Waals surface area contributed by atoms with Crippen molar-refractivity contribution in [1.29, 1.82) is 0 Å². The molecule has 0 radical (unpaired) electrons. The minimum Gasteiger partial charge on any atom is -0.339 e. The molecular formula is C17H27ClN4O. The molecule has 1 aliphatic rings. The van der Waals surface area contributed by atoms with Gasteiger partial charge in [0, 0.05) is 31.3 Å². The highest BCUT2D eigenvalue weighted by molar-refractivity contribution is 6.31. The van der Waals surface area contributed by atoms with Crippen molar-refractivity contribution in [3.63, 3.8) is 0 Å². The van der Waals surface area contributed by atoms with E-state index in [-0.39, 0.29) is 5.91 Å². The summed E-state index contributed by atoms with van der Waals surface area (Å²) in [4.78, 5) is 14.2. The lowest BCUT2D eigenvalue weighted by molar-refractivity contribution is -0.125. The number of nitrogens with one attached hydrogen (secondary N) is 1. The monoisotopic (exact) mass is 338 g/mol. The van der Waals surface area contributed by atoms with Crippen molar-refractivity contribution in [2.75, 3.05) is 26.7 Å². The van der Waals surface area contributed by atoms with Crippen molar-refractivity contribution in [2.45, 2.75) is 33.7 Å². The van der Waals surface area contributed by atoms with E-state index in [1.165, 1.54) is 0 Å². The van der Waals surface area contributed by atoms with Crippen LogP contribution in [0, 0.1) is 18.8 Å². The van der Waals surface area contributed by atoms with Crippen molar-refractivity contribution in [2.24, 2.45) is 11.8 Å². The van der Waals surface area contributed by atoms with Gasteiger partial charge >= 0.3 is 0 Å². The standard InChI is InChI=1S/C17H27ClN4O/c1-12(2)10-22-17(18)15(13(3)20-22)5-6-16(23)21-8-7-14(11-21)9-19-4/h5-6,12,14,19H,7-11H2,1-4H3/b6-5+. The highest BCUT2D eigenvalue weighted by Crippen LogP contribution is 2.23. The molecule has 1 unspecified atom stereocenters. The number of aromatic nitrogens is 2. The minimum atomic E-state index is 0.0516.